The highest BCUT2D eigenvalue weighted by Crippen LogP contribution is 2.38. The number of carbonyl (C=O) groups excluding carboxylic acids is 1. The quantitative estimate of drug-likeness (QED) is 0.465. The third-order valence-electron chi connectivity index (χ3n) is 8.23. The number of hydrogen-bond donors (Lipinski definition) is 1. The Bertz CT molecular complexity index is 847. The van der Waals surface area contributed by atoms with Crippen LogP contribution in [0.25, 0.3) is 0 Å². The number of morpholine rings is 1. The maximum Gasteiger partial charge on any atom is 0.226 e. The summed E-state index contributed by atoms with van der Waals surface area (Å²) in [6.07, 6.45) is 3.93. The molecule has 0 spiro atoms. The molecule has 1 amide bonds. The van der Waals surface area contributed by atoms with Crippen molar-refractivity contribution in [3.05, 3.63) is 0 Å². The summed E-state index contributed by atoms with van der Waals surface area (Å²) in [5, 5.41) is 1.97. The molecule has 208 valence electrons. The standard InChI is InChI=1S/C25H41Cl2FN2O5S/c1-15(2)34-14-18-13-30(36(32,33)19-9-6-16(28)7-10-19)22-12-17(8-11-23(22)35-18)29-25(31)24-20(26)4-3-5-21(24)27/h15-24H,3-14H2,1-2H3,(H,29,31). The van der Waals surface area contributed by atoms with Gasteiger partial charge in [-0.15, -0.1) is 23.2 Å². The monoisotopic (exact) mass is 570 g/mol. The second kappa shape index (κ2) is 12.3. The molecule has 7 nitrogen and oxygen atoms in total. The van der Waals surface area contributed by atoms with Crippen LogP contribution in [0.1, 0.15) is 78.1 Å². The summed E-state index contributed by atoms with van der Waals surface area (Å²) in [5.74, 6) is -0.593. The number of hydrogen-bond acceptors (Lipinski definition) is 5. The van der Waals surface area contributed by atoms with E-state index >= 15 is 0 Å². The Morgan fingerprint density at radius 2 is 1.75 bits per heavy atom. The van der Waals surface area contributed by atoms with Gasteiger partial charge in [0.2, 0.25) is 15.9 Å². The molecule has 0 radical (unpaired) electrons. The predicted molar refractivity (Wildman–Crippen MR) is 139 cm³/mol. The summed E-state index contributed by atoms with van der Waals surface area (Å²) in [5.41, 5.74) is 0. The SMILES string of the molecule is CC(C)OCC1CN(S(=O)(=O)C2CCC(F)CC2)C2CC(NC(=O)C3C(Cl)CCCC3Cl)CCC2O1. The summed E-state index contributed by atoms with van der Waals surface area (Å²) in [6.45, 7) is 4.40. The minimum absolute atomic E-state index is 0.0125. The molecular weight excluding hydrogens is 530 g/mol. The highest BCUT2D eigenvalue weighted by atomic mass is 35.5. The first-order chi connectivity index (χ1) is 17.1. The van der Waals surface area contributed by atoms with Crippen molar-refractivity contribution >= 4 is 39.1 Å². The number of ether oxygens (including phenoxy) is 2. The summed E-state index contributed by atoms with van der Waals surface area (Å²) >= 11 is 12.9. The molecule has 1 aliphatic heterocycles. The Kier molecular flexibility index (Phi) is 9.87. The second-order valence-electron chi connectivity index (χ2n) is 11.2. The summed E-state index contributed by atoms with van der Waals surface area (Å²) in [6, 6.07) is -0.558. The lowest BCUT2D eigenvalue weighted by Crippen LogP contribution is -2.63. The van der Waals surface area contributed by atoms with Gasteiger partial charge in [0.05, 0.1) is 42.1 Å². The molecule has 3 saturated carbocycles. The van der Waals surface area contributed by atoms with E-state index in [-0.39, 0.29) is 66.4 Å². The first-order valence-electron chi connectivity index (χ1n) is 13.6. The van der Waals surface area contributed by atoms with Crippen LogP contribution in [0.2, 0.25) is 0 Å². The average Bonchev–Trinajstić information content (AvgIpc) is 2.82. The molecule has 0 aromatic carbocycles. The topological polar surface area (TPSA) is 84.9 Å². The van der Waals surface area contributed by atoms with Gasteiger partial charge in [-0.3, -0.25) is 4.79 Å². The number of sulfonamides is 1. The lowest BCUT2D eigenvalue weighted by Gasteiger charge is -2.49. The van der Waals surface area contributed by atoms with Gasteiger partial charge in [0.25, 0.3) is 0 Å². The van der Waals surface area contributed by atoms with E-state index in [9.17, 15) is 17.6 Å². The van der Waals surface area contributed by atoms with Gasteiger partial charge in [-0.25, -0.2) is 12.8 Å². The first-order valence-corrected chi connectivity index (χ1v) is 15.9. The molecule has 6 atom stereocenters. The van der Waals surface area contributed by atoms with E-state index in [2.05, 4.69) is 5.32 Å². The van der Waals surface area contributed by atoms with Crippen molar-refractivity contribution in [3.63, 3.8) is 0 Å². The number of amides is 1. The highest BCUT2D eigenvalue weighted by molar-refractivity contribution is 7.89. The van der Waals surface area contributed by atoms with E-state index in [4.69, 9.17) is 32.7 Å². The molecule has 1 saturated heterocycles. The number of halogens is 3. The molecule has 6 unspecified atom stereocenters. The lowest BCUT2D eigenvalue weighted by molar-refractivity contribution is -0.142. The van der Waals surface area contributed by atoms with E-state index in [0.717, 1.165) is 19.3 Å². The van der Waals surface area contributed by atoms with E-state index in [1.807, 2.05) is 13.8 Å². The van der Waals surface area contributed by atoms with Crippen LogP contribution in [0, 0.1) is 5.92 Å². The largest absolute Gasteiger partial charge is 0.376 e. The zero-order valence-electron chi connectivity index (χ0n) is 21.3. The Morgan fingerprint density at radius 3 is 2.39 bits per heavy atom. The van der Waals surface area contributed by atoms with Gasteiger partial charge < -0.3 is 14.8 Å². The molecule has 36 heavy (non-hydrogen) atoms. The lowest BCUT2D eigenvalue weighted by atomic mass is 9.84. The molecule has 0 bridgehead atoms. The van der Waals surface area contributed by atoms with Crippen LogP contribution in [0.4, 0.5) is 4.39 Å². The van der Waals surface area contributed by atoms with Gasteiger partial charge in [-0.1, -0.05) is 6.42 Å². The minimum atomic E-state index is -3.66. The van der Waals surface area contributed by atoms with Crippen LogP contribution >= 0.6 is 23.2 Å². The predicted octanol–water partition coefficient (Wildman–Crippen LogP) is 4.14. The van der Waals surface area contributed by atoms with Crippen LogP contribution in [0.3, 0.4) is 0 Å². The summed E-state index contributed by atoms with van der Waals surface area (Å²) in [7, 11) is -3.66. The molecule has 1 N–H and O–H groups in total. The second-order valence-corrected chi connectivity index (χ2v) is 14.5. The van der Waals surface area contributed by atoms with Crippen molar-refractivity contribution in [3.8, 4) is 0 Å². The number of fused-ring (bicyclic) bond motifs is 1. The fourth-order valence-electron chi connectivity index (χ4n) is 6.25. The van der Waals surface area contributed by atoms with Crippen molar-refractivity contribution in [2.45, 2.75) is 131 Å². The molecule has 0 aromatic rings. The highest BCUT2D eigenvalue weighted by Gasteiger charge is 2.49. The molecule has 4 fully saturated rings. The van der Waals surface area contributed by atoms with Crippen LogP contribution < -0.4 is 5.32 Å². The van der Waals surface area contributed by atoms with E-state index < -0.39 is 27.4 Å². The Morgan fingerprint density at radius 1 is 1.08 bits per heavy atom. The fourth-order valence-corrected chi connectivity index (χ4v) is 9.44. The van der Waals surface area contributed by atoms with Crippen LogP contribution in [0.15, 0.2) is 0 Å². The van der Waals surface area contributed by atoms with E-state index in [0.29, 0.717) is 38.7 Å². The fraction of sp³-hybridized carbons (Fsp3) is 0.960. The Labute approximate surface area is 225 Å². The van der Waals surface area contributed by atoms with Crippen molar-refractivity contribution in [2.24, 2.45) is 5.92 Å². The number of carbonyl (C=O) groups is 1. The summed E-state index contributed by atoms with van der Waals surface area (Å²) < 4.78 is 55.1. The van der Waals surface area contributed by atoms with E-state index in [1.54, 1.807) is 4.31 Å². The normalized spacial score (nSPS) is 40.6. The van der Waals surface area contributed by atoms with Gasteiger partial charge in [0.15, 0.2) is 0 Å². The zero-order valence-corrected chi connectivity index (χ0v) is 23.6. The van der Waals surface area contributed by atoms with Crippen LogP contribution in [0.5, 0.6) is 0 Å². The average molecular weight is 572 g/mol. The maximum atomic E-state index is 13.8. The first kappa shape index (κ1) is 28.8. The number of nitrogens with zero attached hydrogens (tertiary/aromatic N) is 1. The van der Waals surface area contributed by atoms with Gasteiger partial charge in [0.1, 0.15) is 6.17 Å². The minimum Gasteiger partial charge on any atom is -0.376 e. The smallest absolute Gasteiger partial charge is 0.226 e. The Balaban J connectivity index is 1.48. The number of alkyl halides is 3. The van der Waals surface area contributed by atoms with Crippen molar-refractivity contribution in [1.29, 1.82) is 0 Å². The van der Waals surface area contributed by atoms with Crippen LogP contribution in [-0.4, -0.2) is 84.4 Å². The van der Waals surface area contributed by atoms with Gasteiger partial charge in [0, 0.05) is 23.3 Å². The van der Waals surface area contributed by atoms with Crippen molar-refractivity contribution in [2.75, 3.05) is 13.2 Å². The van der Waals surface area contributed by atoms with Gasteiger partial charge >= 0.3 is 0 Å². The number of rotatable bonds is 7. The summed E-state index contributed by atoms with van der Waals surface area (Å²) in [4.78, 5) is 13.1. The van der Waals surface area contributed by atoms with Crippen LogP contribution in [-0.2, 0) is 24.3 Å². The molecule has 11 heteroatoms. The van der Waals surface area contributed by atoms with Crippen molar-refractivity contribution < 1.29 is 27.1 Å². The van der Waals surface area contributed by atoms with Crippen molar-refractivity contribution in [1.82, 2.24) is 9.62 Å². The Hall–Kier alpha value is -0.190. The third kappa shape index (κ3) is 6.68. The zero-order chi connectivity index (χ0) is 26.0. The molecule has 4 aliphatic rings. The number of nitrogens with one attached hydrogen (secondary N) is 1. The maximum absolute atomic E-state index is 13.8. The molecule has 3 aliphatic carbocycles. The third-order valence-corrected chi connectivity index (χ3v) is 11.6. The molecule has 4 rings (SSSR count). The molecule has 0 aromatic heterocycles. The molecular formula is C25H41Cl2FN2O5S. The van der Waals surface area contributed by atoms with Gasteiger partial charge in [-0.05, 0) is 71.6 Å². The van der Waals surface area contributed by atoms with Gasteiger partial charge in [-0.2, -0.15) is 4.31 Å². The molecule has 1 heterocycles. The van der Waals surface area contributed by atoms with E-state index in [1.165, 1.54) is 0 Å².